The molecular weight excluding hydrogens is 310 g/mol. The van der Waals surface area contributed by atoms with Crippen molar-refractivity contribution < 1.29 is 4.52 Å². The lowest BCUT2D eigenvalue weighted by atomic mass is 10.3. The molecule has 2 aromatic heterocycles. The smallest absolute Gasteiger partial charge is 0.250 e. The Hall–Kier alpha value is -1.43. The van der Waals surface area contributed by atoms with Crippen LogP contribution in [0.15, 0.2) is 32.1 Å². The van der Waals surface area contributed by atoms with Crippen molar-refractivity contribution in [2.45, 2.75) is 32.2 Å². The number of hydrogen-bond acceptors (Lipinski definition) is 4. The van der Waals surface area contributed by atoms with Gasteiger partial charge in [-0.3, -0.25) is 4.79 Å². The molecule has 1 aliphatic rings. The molecule has 0 bridgehead atoms. The average Bonchev–Trinajstić information content (AvgIpc) is 3.08. The standard InChI is InChI=1S/C13H14BrN3O2/c14-10-3-4-13(18)17(8-10)6-5-12-15-11(16-19-12)7-9-1-2-9/h3-4,8-9H,1-2,5-7H2. The van der Waals surface area contributed by atoms with Gasteiger partial charge >= 0.3 is 0 Å². The van der Waals surface area contributed by atoms with Crippen LogP contribution in [0.1, 0.15) is 24.6 Å². The number of aryl methyl sites for hydroxylation is 2. The molecule has 0 aromatic carbocycles. The average molecular weight is 324 g/mol. The molecule has 0 amide bonds. The summed E-state index contributed by atoms with van der Waals surface area (Å²) in [4.78, 5) is 16.0. The fourth-order valence-electron chi connectivity index (χ4n) is 1.95. The van der Waals surface area contributed by atoms with Gasteiger partial charge in [-0.2, -0.15) is 4.98 Å². The van der Waals surface area contributed by atoms with E-state index in [4.69, 9.17) is 4.52 Å². The molecule has 100 valence electrons. The molecule has 1 fully saturated rings. The molecule has 2 heterocycles. The van der Waals surface area contributed by atoms with Crippen LogP contribution in [0.2, 0.25) is 0 Å². The van der Waals surface area contributed by atoms with Crippen molar-refractivity contribution in [3.8, 4) is 0 Å². The number of rotatable bonds is 5. The zero-order chi connectivity index (χ0) is 13.2. The van der Waals surface area contributed by atoms with Crippen LogP contribution >= 0.6 is 15.9 Å². The molecule has 0 unspecified atom stereocenters. The van der Waals surface area contributed by atoms with Crippen LogP contribution in [0.4, 0.5) is 0 Å². The maximum absolute atomic E-state index is 11.6. The van der Waals surface area contributed by atoms with E-state index in [-0.39, 0.29) is 5.56 Å². The second-order valence-electron chi connectivity index (χ2n) is 4.88. The minimum Gasteiger partial charge on any atom is -0.339 e. The van der Waals surface area contributed by atoms with E-state index in [9.17, 15) is 4.79 Å². The van der Waals surface area contributed by atoms with Gasteiger partial charge in [-0.25, -0.2) is 0 Å². The summed E-state index contributed by atoms with van der Waals surface area (Å²) in [5, 5.41) is 3.97. The Bertz CT molecular complexity index is 631. The summed E-state index contributed by atoms with van der Waals surface area (Å²) in [6.07, 6.45) is 5.81. The quantitative estimate of drug-likeness (QED) is 0.846. The summed E-state index contributed by atoms with van der Waals surface area (Å²) < 4.78 is 7.71. The number of aromatic nitrogens is 3. The van der Waals surface area contributed by atoms with Crippen molar-refractivity contribution in [2.75, 3.05) is 0 Å². The summed E-state index contributed by atoms with van der Waals surface area (Å²) in [6, 6.07) is 3.27. The summed E-state index contributed by atoms with van der Waals surface area (Å²) >= 11 is 3.35. The Morgan fingerprint density at radius 2 is 2.26 bits per heavy atom. The number of halogens is 1. The van der Waals surface area contributed by atoms with E-state index < -0.39 is 0 Å². The Morgan fingerprint density at radius 3 is 3.05 bits per heavy atom. The van der Waals surface area contributed by atoms with Crippen molar-refractivity contribution in [1.82, 2.24) is 14.7 Å². The highest BCUT2D eigenvalue weighted by molar-refractivity contribution is 9.10. The lowest BCUT2D eigenvalue weighted by molar-refractivity contribution is 0.365. The van der Waals surface area contributed by atoms with Crippen LogP contribution in [0.5, 0.6) is 0 Å². The van der Waals surface area contributed by atoms with Crippen LogP contribution in [0.25, 0.3) is 0 Å². The first-order valence-electron chi connectivity index (χ1n) is 6.38. The molecule has 0 N–H and O–H groups in total. The molecule has 0 aliphatic heterocycles. The number of nitrogens with zero attached hydrogens (tertiary/aromatic N) is 3. The number of hydrogen-bond donors (Lipinski definition) is 0. The zero-order valence-corrected chi connectivity index (χ0v) is 12.0. The van der Waals surface area contributed by atoms with E-state index in [0.717, 1.165) is 22.6 Å². The third-order valence-electron chi connectivity index (χ3n) is 3.19. The van der Waals surface area contributed by atoms with Gasteiger partial charge in [0.05, 0.1) is 0 Å². The van der Waals surface area contributed by atoms with E-state index >= 15 is 0 Å². The van der Waals surface area contributed by atoms with Crippen molar-refractivity contribution in [3.63, 3.8) is 0 Å². The van der Waals surface area contributed by atoms with Crippen LogP contribution < -0.4 is 5.56 Å². The van der Waals surface area contributed by atoms with Crippen molar-refractivity contribution >= 4 is 15.9 Å². The fourth-order valence-corrected chi connectivity index (χ4v) is 2.33. The normalized spacial score (nSPS) is 14.8. The molecule has 0 spiro atoms. The highest BCUT2D eigenvalue weighted by Crippen LogP contribution is 2.31. The Labute approximate surface area is 118 Å². The molecular formula is C13H14BrN3O2. The second-order valence-corrected chi connectivity index (χ2v) is 5.80. The number of pyridine rings is 1. The van der Waals surface area contributed by atoms with E-state index in [1.54, 1.807) is 16.8 Å². The zero-order valence-electron chi connectivity index (χ0n) is 10.4. The second kappa shape index (κ2) is 5.28. The largest absolute Gasteiger partial charge is 0.339 e. The Morgan fingerprint density at radius 1 is 1.42 bits per heavy atom. The first kappa shape index (κ1) is 12.6. The monoisotopic (exact) mass is 323 g/mol. The first-order valence-corrected chi connectivity index (χ1v) is 7.17. The Balaban J connectivity index is 1.63. The lowest BCUT2D eigenvalue weighted by Crippen LogP contribution is -2.19. The van der Waals surface area contributed by atoms with Crippen molar-refractivity contribution in [2.24, 2.45) is 5.92 Å². The van der Waals surface area contributed by atoms with E-state index in [2.05, 4.69) is 26.1 Å². The molecule has 0 atom stereocenters. The van der Waals surface area contributed by atoms with Gasteiger partial charge in [-0.1, -0.05) is 5.16 Å². The summed E-state index contributed by atoms with van der Waals surface area (Å²) in [7, 11) is 0. The summed E-state index contributed by atoms with van der Waals surface area (Å²) in [5.74, 6) is 2.14. The minimum atomic E-state index is -0.0269. The van der Waals surface area contributed by atoms with E-state index in [0.29, 0.717) is 18.9 Å². The SMILES string of the molecule is O=c1ccc(Br)cn1CCc1nc(CC2CC2)no1. The van der Waals surface area contributed by atoms with Crippen LogP contribution in [-0.4, -0.2) is 14.7 Å². The maximum atomic E-state index is 11.6. The van der Waals surface area contributed by atoms with Crippen LogP contribution in [-0.2, 0) is 19.4 Å². The third kappa shape index (κ3) is 3.32. The van der Waals surface area contributed by atoms with Gasteiger partial charge in [-0.15, -0.1) is 0 Å². The molecule has 5 nitrogen and oxygen atoms in total. The van der Waals surface area contributed by atoms with E-state index in [1.807, 2.05) is 0 Å². The van der Waals surface area contributed by atoms with Crippen molar-refractivity contribution in [1.29, 1.82) is 0 Å². The first-order chi connectivity index (χ1) is 9.20. The van der Waals surface area contributed by atoms with Gasteiger partial charge in [0.15, 0.2) is 5.82 Å². The topological polar surface area (TPSA) is 60.9 Å². The van der Waals surface area contributed by atoms with Crippen LogP contribution in [0.3, 0.4) is 0 Å². The maximum Gasteiger partial charge on any atom is 0.250 e. The van der Waals surface area contributed by atoms with Gasteiger partial charge in [0, 0.05) is 36.1 Å². The van der Waals surface area contributed by atoms with Gasteiger partial charge in [0.2, 0.25) is 5.89 Å². The molecule has 6 heteroatoms. The van der Waals surface area contributed by atoms with Gasteiger partial charge in [0.25, 0.3) is 5.56 Å². The predicted molar refractivity (Wildman–Crippen MR) is 72.8 cm³/mol. The molecule has 0 radical (unpaired) electrons. The molecule has 1 aliphatic carbocycles. The molecule has 3 rings (SSSR count). The van der Waals surface area contributed by atoms with Gasteiger partial charge in [-0.05, 0) is 40.8 Å². The lowest BCUT2D eigenvalue weighted by Gasteiger charge is -2.02. The summed E-state index contributed by atoms with van der Waals surface area (Å²) in [5.41, 5.74) is -0.0269. The predicted octanol–water partition coefficient (Wildman–Crippen LogP) is 2.19. The highest BCUT2D eigenvalue weighted by atomic mass is 79.9. The molecule has 0 saturated heterocycles. The molecule has 2 aromatic rings. The molecule has 1 saturated carbocycles. The van der Waals surface area contributed by atoms with E-state index in [1.165, 1.54) is 18.9 Å². The highest BCUT2D eigenvalue weighted by Gasteiger charge is 2.23. The third-order valence-corrected chi connectivity index (χ3v) is 3.66. The summed E-state index contributed by atoms with van der Waals surface area (Å²) in [6.45, 7) is 0.545. The minimum absolute atomic E-state index is 0.0269. The van der Waals surface area contributed by atoms with Gasteiger partial charge < -0.3 is 9.09 Å². The van der Waals surface area contributed by atoms with Crippen LogP contribution in [0, 0.1) is 5.92 Å². The van der Waals surface area contributed by atoms with Gasteiger partial charge in [0.1, 0.15) is 0 Å². The van der Waals surface area contributed by atoms with Crippen molar-refractivity contribution in [3.05, 3.63) is 44.9 Å². The Kier molecular flexibility index (Phi) is 3.50. The molecule has 19 heavy (non-hydrogen) atoms. The fraction of sp³-hybridized carbons (Fsp3) is 0.462.